The van der Waals surface area contributed by atoms with Crippen LogP contribution in [-0.4, -0.2) is 23.7 Å². The summed E-state index contributed by atoms with van der Waals surface area (Å²) in [6.45, 7) is 2.24. The van der Waals surface area contributed by atoms with E-state index in [4.69, 9.17) is 15.2 Å². The van der Waals surface area contributed by atoms with Crippen LogP contribution in [0, 0.1) is 3.57 Å². The summed E-state index contributed by atoms with van der Waals surface area (Å²) < 4.78 is 11.9. The Balaban J connectivity index is 1.92. The van der Waals surface area contributed by atoms with E-state index in [1.54, 1.807) is 42.5 Å². The molecular weight excluding hydrogens is 479 g/mol. The molecule has 2 N–H and O–H groups in total. The Labute approximate surface area is 174 Å². The normalized spacial score (nSPS) is 15.0. The van der Waals surface area contributed by atoms with Crippen molar-refractivity contribution < 1.29 is 19.1 Å². The lowest BCUT2D eigenvalue weighted by Crippen LogP contribution is -2.10. The van der Waals surface area contributed by atoms with E-state index in [0.717, 1.165) is 17.3 Å². The third-order valence-corrected chi connectivity index (χ3v) is 5.08. The van der Waals surface area contributed by atoms with Gasteiger partial charge in [-0.3, -0.25) is 4.79 Å². The first kappa shape index (κ1) is 19.4. The van der Waals surface area contributed by atoms with Crippen LogP contribution in [0.15, 0.2) is 52.4 Å². The molecule has 138 valence electrons. The number of esters is 1. The van der Waals surface area contributed by atoms with Gasteiger partial charge in [0.1, 0.15) is 0 Å². The van der Waals surface area contributed by atoms with Crippen LogP contribution >= 0.6 is 34.4 Å². The molecule has 0 aliphatic carbocycles. The standard InChI is InChI=1S/C19H15IN2O4S/c1-2-25-14-9-11(10-15-17(23)22-19(21)27-15)8-13(20)16(14)26-18(24)12-6-4-3-5-7-12/h3-10H,2H2,1H3,(H2,21,22,23). The summed E-state index contributed by atoms with van der Waals surface area (Å²) in [7, 11) is 0. The first-order valence-electron chi connectivity index (χ1n) is 7.99. The largest absolute Gasteiger partial charge is 0.490 e. The molecule has 0 atom stereocenters. The fourth-order valence-electron chi connectivity index (χ4n) is 2.34. The maximum Gasteiger partial charge on any atom is 0.343 e. The predicted molar refractivity (Wildman–Crippen MR) is 114 cm³/mol. The molecule has 1 aliphatic heterocycles. The second kappa shape index (κ2) is 8.57. The van der Waals surface area contributed by atoms with Gasteiger partial charge in [-0.2, -0.15) is 4.99 Å². The van der Waals surface area contributed by atoms with E-state index in [9.17, 15) is 9.59 Å². The van der Waals surface area contributed by atoms with E-state index in [0.29, 0.717) is 32.1 Å². The van der Waals surface area contributed by atoms with Crippen molar-refractivity contribution in [3.05, 3.63) is 62.1 Å². The van der Waals surface area contributed by atoms with Gasteiger partial charge >= 0.3 is 5.97 Å². The molecule has 3 rings (SSSR count). The van der Waals surface area contributed by atoms with Gasteiger partial charge < -0.3 is 15.2 Å². The number of hydrogen-bond donors (Lipinski definition) is 1. The van der Waals surface area contributed by atoms with Crippen molar-refractivity contribution in [3.8, 4) is 11.5 Å². The molecule has 6 nitrogen and oxygen atoms in total. The summed E-state index contributed by atoms with van der Waals surface area (Å²) >= 11 is 3.18. The number of hydrogen-bond acceptors (Lipinski definition) is 6. The Hall–Kier alpha value is -2.33. The topological polar surface area (TPSA) is 91.0 Å². The number of halogens is 1. The van der Waals surface area contributed by atoms with Gasteiger partial charge in [-0.1, -0.05) is 18.2 Å². The highest BCUT2D eigenvalue weighted by Crippen LogP contribution is 2.36. The lowest BCUT2D eigenvalue weighted by atomic mass is 10.1. The number of nitrogens with zero attached hydrogens (tertiary/aromatic N) is 1. The van der Waals surface area contributed by atoms with Crippen LogP contribution in [0.3, 0.4) is 0 Å². The van der Waals surface area contributed by atoms with Crippen LogP contribution in [0.1, 0.15) is 22.8 Å². The van der Waals surface area contributed by atoms with E-state index in [1.165, 1.54) is 0 Å². The molecule has 0 spiro atoms. The molecule has 27 heavy (non-hydrogen) atoms. The second-order valence-corrected chi connectivity index (χ2v) is 7.61. The van der Waals surface area contributed by atoms with Crippen molar-refractivity contribution >= 4 is 57.5 Å². The lowest BCUT2D eigenvalue weighted by Gasteiger charge is -2.13. The molecule has 0 saturated heterocycles. The predicted octanol–water partition coefficient (Wildman–Crippen LogP) is 3.84. The number of ether oxygens (including phenoxy) is 2. The molecule has 1 aliphatic rings. The van der Waals surface area contributed by atoms with Crippen LogP contribution in [-0.2, 0) is 4.79 Å². The molecule has 0 fully saturated rings. The summed E-state index contributed by atoms with van der Waals surface area (Å²) in [5.41, 5.74) is 6.75. The van der Waals surface area contributed by atoms with Crippen molar-refractivity contribution in [3.63, 3.8) is 0 Å². The fraction of sp³-hybridized carbons (Fsp3) is 0.105. The van der Waals surface area contributed by atoms with Crippen molar-refractivity contribution in [2.24, 2.45) is 10.7 Å². The second-order valence-electron chi connectivity index (χ2n) is 5.38. The van der Waals surface area contributed by atoms with Gasteiger partial charge in [0.25, 0.3) is 5.91 Å². The highest BCUT2D eigenvalue weighted by molar-refractivity contribution is 14.1. The molecule has 1 heterocycles. The Morgan fingerprint density at radius 1 is 1.30 bits per heavy atom. The van der Waals surface area contributed by atoms with Crippen LogP contribution in [0.5, 0.6) is 11.5 Å². The van der Waals surface area contributed by atoms with Crippen LogP contribution in [0.4, 0.5) is 0 Å². The third-order valence-electron chi connectivity index (χ3n) is 3.47. The van der Waals surface area contributed by atoms with Gasteiger partial charge in [0.2, 0.25) is 0 Å². The van der Waals surface area contributed by atoms with Gasteiger partial charge in [0.05, 0.1) is 20.6 Å². The Bertz CT molecular complexity index is 958. The summed E-state index contributed by atoms with van der Waals surface area (Å²) in [6.07, 6.45) is 1.68. The number of benzene rings is 2. The van der Waals surface area contributed by atoms with Crippen LogP contribution < -0.4 is 15.2 Å². The molecule has 0 saturated carbocycles. The molecule has 2 aromatic rings. The molecule has 0 unspecified atom stereocenters. The van der Waals surface area contributed by atoms with Gasteiger partial charge in [-0.25, -0.2) is 4.79 Å². The van der Waals surface area contributed by atoms with E-state index in [1.807, 2.05) is 13.0 Å². The Morgan fingerprint density at radius 3 is 2.67 bits per heavy atom. The minimum Gasteiger partial charge on any atom is -0.490 e. The zero-order valence-electron chi connectivity index (χ0n) is 14.3. The summed E-state index contributed by atoms with van der Waals surface area (Å²) in [5, 5.41) is 0.222. The van der Waals surface area contributed by atoms with Crippen LogP contribution in [0.25, 0.3) is 6.08 Å². The maximum atomic E-state index is 12.4. The number of carbonyl (C=O) groups excluding carboxylic acids is 2. The highest BCUT2D eigenvalue weighted by Gasteiger charge is 2.21. The molecule has 0 bridgehead atoms. The lowest BCUT2D eigenvalue weighted by molar-refractivity contribution is -0.113. The number of rotatable bonds is 5. The van der Waals surface area contributed by atoms with E-state index < -0.39 is 5.97 Å². The Kier molecular flexibility index (Phi) is 6.17. The minimum absolute atomic E-state index is 0.222. The number of amides is 1. The zero-order valence-corrected chi connectivity index (χ0v) is 17.2. The van der Waals surface area contributed by atoms with Crippen molar-refractivity contribution in [2.45, 2.75) is 6.92 Å². The van der Waals surface area contributed by atoms with E-state index in [2.05, 4.69) is 27.6 Å². The number of thioether (sulfide) groups is 1. The van der Waals surface area contributed by atoms with Crippen molar-refractivity contribution in [1.82, 2.24) is 0 Å². The smallest absolute Gasteiger partial charge is 0.343 e. The monoisotopic (exact) mass is 494 g/mol. The minimum atomic E-state index is -0.469. The molecule has 1 amide bonds. The van der Waals surface area contributed by atoms with E-state index in [-0.39, 0.29) is 11.1 Å². The summed E-state index contributed by atoms with van der Waals surface area (Å²) in [6, 6.07) is 12.2. The summed E-state index contributed by atoms with van der Waals surface area (Å²) in [5.74, 6) is -0.0761. The zero-order chi connectivity index (χ0) is 19.4. The van der Waals surface area contributed by atoms with Gasteiger partial charge in [-0.15, -0.1) is 0 Å². The van der Waals surface area contributed by atoms with E-state index >= 15 is 0 Å². The molecule has 0 aromatic heterocycles. The number of aliphatic imine (C=N–C) groups is 1. The SMILES string of the molecule is CCOc1cc(C=C2SC(N)=NC2=O)cc(I)c1OC(=O)c1ccccc1. The fourth-order valence-corrected chi connectivity index (χ4v) is 3.75. The summed E-state index contributed by atoms with van der Waals surface area (Å²) in [4.78, 5) is 28.3. The third kappa shape index (κ3) is 4.69. The number of nitrogens with two attached hydrogens (primary N) is 1. The number of carbonyl (C=O) groups is 2. The molecule has 8 heteroatoms. The highest BCUT2D eigenvalue weighted by atomic mass is 127. The Morgan fingerprint density at radius 2 is 2.04 bits per heavy atom. The maximum absolute atomic E-state index is 12.4. The molecular formula is C19H15IN2O4S. The quantitative estimate of drug-likeness (QED) is 0.294. The first-order valence-corrected chi connectivity index (χ1v) is 9.89. The molecule has 0 radical (unpaired) electrons. The van der Waals surface area contributed by atoms with Gasteiger partial charge in [-0.05, 0) is 77.2 Å². The first-order chi connectivity index (χ1) is 13.0. The van der Waals surface area contributed by atoms with Crippen molar-refractivity contribution in [1.29, 1.82) is 0 Å². The average Bonchev–Trinajstić information content (AvgIpc) is 2.96. The van der Waals surface area contributed by atoms with Gasteiger partial charge in [0.15, 0.2) is 16.7 Å². The average molecular weight is 494 g/mol. The van der Waals surface area contributed by atoms with Crippen LogP contribution in [0.2, 0.25) is 0 Å². The van der Waals surface area contributed by atoms with Gasteiger partial charge in [0, 0.05) is 0 Å². The molecule has 2 aromatic carbocycles. The van der Waals surface area contributed by atoms with Crippen molar-refractivity contribution in [2.75, 3.05) is 6.61 Å². The number of amidine groups is 1.